The van der Waals surface area contributed by atoms with Crippen LogP contribution in [0.15, 0.2) is 40.9 Å². The lowest BCUT2D eigenvalue weighted by Crippen LogP contribution is -1.93. The van der Waals surface area contributed by atoms with Crippen LogP contribution in [-0.2, 0) is 0 Å². The summed E-state index contributed by atoms with van der Waals surface area (Å²) in [4.78, 5) is 4.31. The maximum atomic E-state index is 6.34. The summed E-state index contributed by atoms with van der Waals surface area (Å²) >= 11 is 12.2. The maximum absolute atomic E-state index is 6.34. The molecule has 1 aliphatic heterocycles. The fraction of sp³-hybridized carbons (Fsp3) is 0.111. The van der Waals surface area contributed by atoms with Gasteiger partial charge in [-0.1, -0.05) is 28.4 Å². The smallest absolute Gasteiger partial charge is 0.269 e. The van der Waals surface area contributed by atoms with Crippen molar-refractivity contribution in [2.45, 2.75) is 0 Å². The second-order valence-electron chi connectivity index (χ2n) is 5.38. The van der Waals surface area contributed by atoms with E-state index >= 15 is 0 Å². The van der Waals surface area contributed by atoms with Crippen molar-refractivity contribution in [2.75, 3.05) is 13.9 Å². The fourth-order valence-corrected chi connectivity index (χ4v) is 2.81. The second-order valence-corrected chi connectivity index (χ2v) is 6.22. The zero-order chi connectivity index (χ0) is 18.1. The number of ether oxygens (including phenoxy) is 3. The summed E-state index contributed by atoms with van der Waals surface area (Å²) in [7, 11) is 1.56. The predicted molar refractivity (Wildman–Crippen MR) is 97.6 cm³/mol. The molecule has 0 bridgehead atoms. The van der Waals surface area contributed by atoms with Gasteiger partial charge in [0.2, 0.25) is 18.4 Å². The lowest BCUT2D eigenvalue weighted by molar-refractivity contribution is 0.171. The SMILES string of the molecule is COc1cc(/C=C(\Cl)c2nc(-c3ccc(Cl)cc3)no2)cc2c1OCO2. The van der Waals surface area contributed by atoms with E-state index in [9.17, 15) is 0 Å². The van der Waals surface area contributed by atoms with Crippen LogP contribution >= 0.6 is 23.2 Å². The van der Waals surface area contributed by atoms with Crippen LogP contribution in [0.25, 0.3) is 22.5 Å². The molecular weight excluding hydrogens is 379 g/mol. The minimum Gasteiger partial charge on any atom is -0.493 e. The van der Waals surface area contributed by atoms with Gasteiger partial charge in [0.15, 0.2) is 11.5 Å². The molecule has 0 N–H and O–H groups in total. The van der Waals surface area contributed by atoms with Gasteiger partial charge in [-0.3, -0.25) is 0 Å². The van der Waals surface area contributed by atoms with E-state index < -0.39 is 0 Å². The number of hydrogen-bond donors (Lipinski definition) is 0. The molecule has 0 aliphatic carbocycles. The molecule has 2 heterocycles. The molecule has 0 saturated carbocycles. The van der Waals surface area contributed by atoms with Crippen molar-refractivity contribution in [3.05, 3.63) is 52.9 Å². The summed E-state index contributed by atoms with van der Waals surface area (Å²) in [5.74, 6) is 2.35. The standard InChI is InChI=1S/C18H12Cl2N2O4/c1-23-14-7-10(8-15-16(14)25-9-24-15)6-13(20)18-21-17(22-26-18)11-2-4-12(19)5-3-11/h2-8H,9H2,1H3/b13-6-. The summed E-state index contributed by atoms with van der Waals surface area (Å²) in [5.41, 5.74) is 1.53. The molecular formula is C18H12Cl2N2O4. The first-order valence-electron chi connectivity index (χ1n) is 7.59. The summed E-state index contributed by atoms with van der Waals surface area (Å²) in [5, 5.41) is 4.87. The Morgan fingerprint density at radius 2 is 2.00 bits per heavy atom. The van der Waals surface area contributed by atoms with Crippen molar-refractivity contribution in [3.63, 3.8) is 0 Å². The molecule has 1 aliphatic rings. The molecule has 2 aromatic carbocycles. The first-order valence-corrected chi connectivity index (χ1v) is 8.34. The Balaban J connectivity index is 1.64. The van der Waals surface area contributed by atoms with Crippen LogP contribution in [0.2, 0.25) is 5.02 Å². The minimum atomic E-state index is 0.153. The molecule has 0 amide bonds. The molecule has 0 radical (unpaired) electrons. The third-order valence-electron chi connectivity index (χ3n) is 3.71. The molecule has 0 unspecified atom stereocenters. The van der Waals surface area contributed by atoms with Gasteiger partial charge in [0.25, 0.3) is 5.89 Å². The monoisotopic (exact) mass is 390 g/mol. The topological polar surface area (TPSA) is 66.6 Å². The fourth-order valence-electron chi connectivity index (χ4n) is 2.48. The number of halogens is 2. The molecule has 0 fully saturated rings. The number of rotatable bonds is 4. The summed E-state index contributed by atoms with van der Waals surface area (Å²) in [6, 6.07) is 10.7. The number of benzene rings is 2. The molecule has 0 atom stereocenters. The first kappa shape index (κ1) is 16.8. The molecule has 132 valence electrons. The molecule has 1 aromatic heterocycles. The minimum absolute atomic E-state index is 0.153. The lowest BCUT2D eigenvalue weighted by Gasteiger charge is -2.05. The van der Waals surface area contributed by atoms with Crippen molar-refractivity contribution in [1.82, 2.24) is 10.1 Å². The quantitative estimate of drug-likeness (QED) is 0.633. The Labute approximate surface area is 158 Å². The summed E-state index contributed by atoms with van der Waals surface area (Å²) < 4.78 is 21.3. The van der Waals surface area contributed by atoms with Crippen LogP contribution in [0.3, 0.4) is 0 Å². The van der Waals surface area contributed by atoms with Crippen LogP contribution in [0.4, 0.5) is 0 Å². The number of hydrogen-bond acceptors (Lipinski definition) is 6. The van der Waals surface area contributed by atoms with Crippen LogP contribution in [0, 0.1) is 0 Å². The van der Waals surface area contributed by atoms with Gasteiger partial charge in [-0.15, -0.1) is 0 Å². The van der Waals surface area contributed by atoms with Gasteiger partial charge in [0.1, 0.15) is 5.03 Å². The van der Waals surface area contributed by atoms with E-state index in [0.717, 1.165) is 11.1 Å². The van der Waals surface area contributed by atoms with Crippen LogP contribution in [-0.4, -0.2) is 24.0 Å². The second kappa shape index (κ2) is 6.90. The van der Waals surface area contributed by atoms with Crippen molar-refractivity contribution in [3.8, 4) is 28.6 Å². The van der Waals surface area contributed by atoms with Crippen LogP contribution in [0.1, 0.15) is 11.5 Å². The van der Waals surface area contributed by atoms with Gasteiger partial charge < -0.3 is 18.7 Å². The Kier molecular flexibility index (Phi) is 4.44. The first-order chi connectivity index (χ1) is 12.6. The molecule has 3 aromatic rings. The summed E-state index contributed by atoms with van der Waals surface area (Å²) in [6.07, 6.45) is 1.69. The van der Waals surface area contributed by atoms with E-state index in [-0.39, 0.29) is 12.7 Å². The Morgan fingerprint density at radius 3 is 2.77 bits per heavy atom. The van der Waals surface area contributed by atoms with Crippen LogP contribution < -0.4 is 14.2 Å². The molecule has 4 rings (SSSR count). The summed E-state index contributed by atoms with van der Waals surface area (Å²) in [6.45, 7) is 0.153. The highest BCUT2D eigenvalue weighted by Gasteiger charge is 2.20. The maximum Gasteiger partial charge on any atom is 0.269 e. The number of fused-ring (bicyclic) bond motifs is 1. The van der Waals surface area contributed by atoms with Gasteiger partial charge in [-0.25, -0.2) is 0 Å². The van der Waals surface area contributed by atoms with E-state index in [2.05, 4.69) is 10.1 Å². The zero-order valence-electron chi connectivity index (χ0n) is 13.5. The average Bonchev–Trinajstić information content (AvgIpc) is 3.31. The van der Waals surface area contributed by atoms with Gasteiger partial charge in [-0.2, -0.15) is 4.98 Å². The average molecular weight is 391 g/mol. The zero-order valence-corrected chi connectivity index (χ0v) is 15.0. The Hall–Kier alpha value is -2.70. The molecule has 0 spiro atoms. The highest BCUT2D eigenvalue weighted by molar-refractivity contribution is 6.50. The number of nitrogens with zero attached hydrogens (tertiary/aromatic N) is 2. The Bertz CT molecular complexity index is 983. The third-order valence-corrected chi connectivity index (χ3v) is 4.23. The van der Waals surface area contributed by atoms with Gasteiger partial charge in [-0.05, 0) is 48.0 Å². The molecule has 0 saturated heterocycles. The molecule has 8 heteroatoms. The van der Waals surface area contributed by atoms with Crippen molar-refractivity contribution < 1.29 is 18.7 Å². The normalized spacial score (nSPS) is 13.1. The van der Waals surface area contributed by atoms with Crippen molar-refractivity contribution in [2.24, 2.45) is 0 Å². The molecule has 26 heavy (non-hydrogen) atoms. The number of methoxy groups -OCH3 is 1. The highest BCUT2D eigenvalue weighted by Crippen LogP contribution is 2.42. The van der Waals surface area contributed by atoms with E-state index in [4.69, 9.17) is 41.9 Å². The van der Waals surface area contributed by atoms with E-state index in [1.54, 1.807) is 49.6 Å². The van der Waals surface area contributed by atoms with E-state index in [1.165, 1.54) is 0 Å². The molecule has 6 nitrogen and oxygen atoms in total. The van der Waals surface area contributed by atoms with Crippen molar-refractivity contribution >= 4 is 34.3 Å². The van der Waals surface area contributed by atoms with Gasteiger partial charge in [0.05, 0.1) is 7.11 Å². The number of aromatic nitrogens is 2. The Morgan fingerprint density at radius 1 is 1.19 bits per heavy atom. The predicted octanol–water partition coefficient (Wildman–Crippen LogP) is 4.86. The van der Waals surface area contributed by atoms with Crippen LogP contribution in [0.5, 0.6) is 17.2 Å². The lowest BCUT2D eigenvalue weighted by atomic mass is 10.1. The van der Waals surface area contributed by atoms with Crippen molar-refractivity contribution in [1.29, 1.82) is 0 Å². The van der Waals surface area contributed by atoms with Gasteiger partial charge in [0, 0.05) is 10.6 Å². The van der Waals surface area contributed by atoms with E-state index in [1.807, 2.05) is 0 Å². The largest absolute Gasteiger partial charge is 0.493 e. The third kappa shape index (κ3) is 3.21. The van der Waals surface area contributed by atoms with Gasteiger partial charge >= 0.3 is 0 Å². The van der Waals surface area contributed by atoms with E-state index in [0.29, 0.717) is 33.1 Å². The highest BCUT2D eigenvalue weighted by atomic mass is 35.5.